The van der Waals surface area contributed by atoms with Crippen LogP contribution in [0.15, 0.2) is 28.6 Å². The smallest absolute Gasteiger partial charge is 0.321 e. The highest BCUT2D eigenvalue weighted by molar-refractivity contribution is 8.01. The Morgan fingerprint density at radius 3 is 2.84 bits per heavy atom. The molecule has 0 fully saturated rings. The summed E-state index contributed by atoms with van der Waals surface area (Å²) in [6.45, 7) is 3.89. The van der Waals surface area contributed by atoms with Crippen LogP contribution in [0.5, 0.6) is 0 Å². The fourth-order valence-electron chi connectivity index (χ4n) is 1.66. The second kappa shape index (κ2) is 6.36. The number of aliphatic carboxylic acids is 1. The predicted molar refractivity (Wildman–Crippen MR) is 80.0 cm³/mol. The summed E-state index contributed by atoms with van der Waals surface area (Å²) in [5, 5.41) is 12.2. The molecule has 102 valence electrons. The standard InChI is InChI=1S/C13H16N2O2S2/c1-8(2)14-10(12(16)17)7-18-13-15-9-5-3-4-6-11(9)19-13/h3-6,8,10,14H,7H2,1-2H3,(H,16,17). The third kappa shape index (κ3) is 3.92. The second-order valence-electron chi connectivity index (χ2n) is 4.47. The van der Waals surface area contributed by atoms with Gasteiger partial charge in [0.25, 0.3) is 0 Å². The van der Waals surface area contributed by atoms with Crippen molar-refractivity contribution in [2.24, 2.45) is 0 Å². The zero-order chi connectivity index (χ0) is 13.8. The van der Waals surface area contributed by atoms with Gasteiger partial charge in [-0.1, -0.05) is 37.7 Å². The Morgan fingerprint density at radius 1 is 1.47 bits per heavy atom. The molecule has 0 amide bonds. The van der Waals surface area contributed by atoms with Gasteiger partial charge in [0.1, 0.15) is 6.04 Å². The quantitative estimate of drug-likeness (QED) is 0.803. The van der Waals surface area contributed by atoms with Crippen LogP contribution in [0.4, 0.5) is 0 Å². The molecule has 0 spiro atoms. The number of nitrogens with zero attached hydrogens (tertiary/aromatic N) is 1. The number of rotatable bonds is 6. The summed E-state index contributed by atoms with van der Waals surface area (Å²) in [6, 6.07) is 7.54. The molecule has 1 aromatic heterocycles. The third-order valence-electron chi connectivity index (χ3n) is 2.48. The molecule has 0 aliphatic carbocycles. The molecule has 1 atom stereocenters. The van der Waals surface area contributed by atoms with Crippen molar-refractivity contribution in [2.45, 2.75) is 30.3 Å². The lowest BCUT2D eigenvalue weighted by molar-refractivity contribution is -0.139. The van der Waals surface area contributed by atoms with E-state index in [4.69, 9.17) is 5.11 Å². The number of carboxylic acids is 1. The van der Waals surface area contributed by atoms with E-state index in [1.54, 1.807) is 11.3 Å². The van der Waals surface area contributed by atoms with E-state index < -0.39 is 12.0 Å². The molecular formula is C13H16N2O2S2. The number of carbonyl (C=O) groups is 1. The Bertz CT molecular complexity index is 536. The lowest BCUT2D eigenvalue weighted by atomic mass is 10.3. The van der Waals surface area contributed by atoms with Gasteiger partial charge in [-0.15, -0.1) is 11.3 Å². The van der Waals surface area contributed by atoms with Crippen LogP contribution in [0, 0.1) is 0 Å². The van der Waals surface area contributed by atoms with E-state index in [-0.39, 0.29) is 6.04 Å². The molecule has 2 N–H and O–H groups in total. The fourth-order valence-corrected chi connectivity index (χ4v) is 3.78. The van der Waals surface area contributed by atoms with E-state index in [0.717, 1.165) is 14.6 Å². The Morgan fingerprint density at radius 2 is 2.21 bits per heavy atom. The Hall–Kier alpha value is -1.11. The molecule has 1 heterocycles. The highest BCUT2D eigenvalue weighted by Gasteiger charge is 2.19. The number of thioether (sulfide) groups is 1. The molecule has 19 heavy (non-hydrogen) atoms. The maximum absolute atomic E-state index is 11.1. The zero-order valence-corrected chi connectivity index (χ0v) is 12.4. The van der Waals surface area contributed by atoms with E-state index in [0.29, 0.717) is 5.75 Å². The van der Waals surface area contributed by atoms with Crippen LogP contribution in [-0.4, -0.2) is 33.9 Å². The number of para-hydroxylation sites is 1. The number of nitrogens with one attached hydrogen (secondary N) is 1. The first kappa shape index (κ1) is 14.3. The minimum atomic E-state index is -0.817. The van der Waals surface area contributed by atoms with Crippen molar-refractivity contribution in [2.75, 3.05) is 5.75 Å². The second-order valence-corrected chi connectivity index (χ2v) is 6.77. The van der Waals surface area contributed by atoms with E-state index >= 15 is 0 Å². The average molecular weight is 296 g/mol. The van der Waals surface area contributed by atoms with Crippen LogP contribution in [0.3, 0.4) is 0 Å². The molecule has 0 saturated heterocycles. The van der Waals surface area contributed by atoms with Crippen molar-refractivity contribution >= 4 is 39.3 Å². The number of benzene rings is 1. The summed E-state index contributed by atoms with van der Waals surface area (Å²) >= 11 is 3.09. The summed E-state index contributed by atoms with van der Waals surface area (Å²) < 4.78 is 2.05. The SMILES string of the molecule is CC(C)NC(CSc1nc2ccccc2s1)C(=O)O. The minimum absolute atomic E-state index is 0.150. The van der Waals surface area contributed by atoms with Gasteiger partial charge in [0, 0.05) is 11.8 Å². The molecule has 4 nitrogen and oxygen atoms in total. The van der Waals surface area contributed by atoms with E-state index in [9.17, 15) is 4.79 Å². The molecule has 1 aromatic carbocycles. The zero-order valence-electron chi connectivity index (χ0n) is 10.8. The van der Waals surface area contributed by atoms with Crippen molar-refractivity contribution in [3.05, 3.63) is 24.3 Å². The van der Waals surface area contributed by atoms with Crippen molar-refractivity contribution in [3.8, 4) is 0 Å². The summed E-state index contributed by atoms with van der Waals surface area (Å²) in [6.07, 6.45) is 0. The summed E-state index contributed by atoms with van der Waals surface area (Å²) in [5.74, 6) is -0.338. The Labute approximate surface area is 120 Å². The normalized spacial score (nSPS) is 13.0. The van der Waals surface area contributed by atoms with E-state index in [1.807, 2.05) is 38.1 Å². The van der Waals surface area contributed by atoms with Gasteiger partial charge in [-0.25, -0.2) is 4.98 Å². The van der Waals surface area contributed by atoms with E-state index in [2.05, 4.69) is 10.3 Å². The van der Waals surface area contributed by atoms with Crippen LogP contribution in [0.1, 0.15) is 13.8 Å². The molecule has 6 heteroatoms. The van der Waals surface area contributed by atoms with Gasteiger partial charge >= 0.3 is 5.97 Å². The van der Waals surface area contributed by atoms with Crippen LogP contribution in [-0.2, 0) is 4.79 Å². The molecule has 1 unspecified atom stereocenters. The van der Waals surface area contributed by atoms with Gasteiger partial charge in [0.05, 0.1) is 10.2 Å². The Kier molecular flexibility index (Phi) is 4.79. The number of aromatic nitrogens is 1. The molecule has 0 saturated carbocycles. The van der Waals surface area contributed by atoms with Gasteiger partial charge in [-0.3, -0.25) is 4.79 Å². The number of hydrogen-bond donors (Lipinski definition) is 2. The predicted octanol–water partition coefficient (Wildman–Crippen LogP) is 2.84. The summed E-state index contributed by atoms with van der Waals surface area (Å²) in [7, 11) is 0. The fraction of sp³-hybridized carbons (Fsp3) is 0.385. The van der Waals surface area contributed by atoms with Gasteiger partial charge < -0.3 is 10.4 Å². The maximum atomic E-state index is 11.1. The molecule has 2 rings (SSSR count). The lowest BCUT2D eigenvalue weighted by Crippen LogP contribution is -2.42. The topological polar surface area (TPSA) is 62.2 Å². The van der Waals surface area contributed by atoms with Crippen LogP contribution >= 0.6 is 23.1 Å². The van der Waals surface area contributed by atoms with Crippen molar-refractivity contribution in [1.82, 2.24) is 10.3 Å². The van der Waals surface area contributed by atoms with Gasteiger partial charge in [-0.05, 0) is 12.1 Å². The first-order chi connectivity index (χ1) is 9.06. The van der Waals surface area contributed by atoms with Crippen molar-refractivity contribution in [3.63, 3.8) is 0 Å². The summed E-state index contributed by atoms with van der Waals surface area (Å²) in [4.78, 5) is 15.6. The first-order valence-corrected chi connectivity index (χ1v) is 7.83. The third-order valence-corrected chi connectivity index (χ3v) is 4.75. The first-order valence-electron chi connectivity index (χ1n) is 6.03. The maximum Gasteiger partial charge on any atom is 0.321 e. The molecule has 0 bridgehead atoms. The highest BCUT2D eigenvalue weighted by atomic mass is 32.2. The summed E-state index contributed by atoms with van der Waals surface area (Å²) in [5.41, 5.74) is 0.971. The number of fused-ring (bicyclic) bond motifs is 1. The monoisotopic (exact) mass is 296 g/mol. The van der Waals surface area contributed by atoms with Crippen molar-refractivity contribution < 1.29 is 9.90 Å². The number of hydrogen-bond acceptors (Lipinski definition) is 5. The number of thiazole rings is 1. The van der Waals surface area contributed by atoms with Gasteiger partial charge in [0.2, 0.25) is 0 Å². The largest absolute Gasteiger partial charge is 0.480 e. The molecule has 0 aliphatic rings. The van der Waals surface area contributed by atoms with Gasteiger partial charge in [-0.2, -0.15) is 0 Å². The van der Waals surface area contributed by atoms with Crippen LogP contribution in [0.2, 0.25) is 0 Å². The Balaban J connectivity index is 2.02. The molecule has 0 aliphatic heterocycles. The van der Waals surface area contributed by atoms with Crippen LogP contribution < -0.4 is 5.32 Å². The van der Waals surface area contributed by atoms with Crippen molar-refractivity contribution in [1.29, 1.82) is 0 Å². The average Bonchev–Trinajstić information content (AvgIpc) is 2.76. The molecule has 2 aromatic rings. The van der Waals surface area contributed by atoms with Crippen LogP contribution in [0.25, 0.3) is 10.2 Å². The van der Waals surface area contributed by atoms with Gasteiger partial charge in [0.15, 0.2) is 4.34 Å². The minimum Gasteiger partial charge on any atom is -0.480 e. The lowest BCUT2D eigenvalue weighted by Gasteiger charge is -2.15. The molecule has 0 radical (unpaired) electrons. The molecular weight excluding hydrogens is 280 g/mol. The highest BCUT2D eigenvalue weighted by Crippen LogP contribution is 2.29. The number of carboxylic acid groups (broad SMARTS) is 1. The van der Waals surface area contributed by atoms with E-state index in [1.165, 1.54) is 11.8 Å².